The second-order valence-corrected chi connectivity index (χ2v) is 6.37. The van der Waals surface area contributed by atoms with Crippen LogP contribution in [0.1, 0.15) is 20.8 Å². The summed E-state index contributed by atoms with van der Waals surface area (Å²) in [5.74, 6) is -0.00911. The minimum absolute atomic E-state index is 0.00911. The molecule has 0 radical (unpaired) electrons. The third-order valence-corrected chi connectivity index (χ3v) is 4.72. The normalized spacial score (nSPS) is 13.4. The van der Waals surface area contributed by atoms with E-state index in [1.165, 1.54) is 11.3 Å². The van der Waals surface area contributed by atoms with Crippen LogP contribution in [0.4, 0.5) is 5.00 Å². The second kappa shape index (κ2) is 6.47. The summed E-state index contributed by atoms with van der Waals surface area (Å²) in [4.78, 5) is 12.9. The van der Waals surface area contributed by atoms with E-state index in [2.05, 4.69) is 16.0 Å². The first-order valence-electron chi connectivity index (χ1n) is 6.82. The number of hydrogen-bond acceptors (Lipinski definition) is 4. The first-order valence-corrected chi connectivity index (χ1v) is 8.02. The molecule has 21 heavy (non-hydrogen) atoms. The maximum absolute atomic E-state index is 12.1. The summed E-state index contributed by atoms with van der Waals surface area (Å²) in [5, 5.41) is 11.2. The minimum Gasteiger partial charge on any atom is -0.364 e. The van der Waals surface area contributed by atoms with Crippen LogP contribution in [-0.2, 0) is 13.0 Å². The SMILES string of the molecule is O=C(NCCc1ccc(Cl)cc1)c1cc2c(s1)NCNC2. The quantitative estimate of drug-likeness (QED) is 0.811. The number of carbonyl (C=O) groups excluding carboxylic acids is 1. The van der Waals surface area contributed by atoms with E-state index in [9.17, 15) is 4.79 Å². The van der Waals surface area contributed by atoms with Gasteiger partial charge >= 0.3 is 0 Å². The highest BCUT2D eigenvalue weighted by Gasteiger charge is 2.16. The van der Waals surface area contributed by atoms with Gasteiger partial charge in [-0.05, 0) is 30.2 Å². The van der Waals surface area contributed by atoms with Crippen molar-refractivity contribution < 1.29 is 4.79 Å². The van der Waals surface area contributed by atoms with Crippen molar-refractivity contribution in [3.05, 3.63) is 51.4 Å². The lowest BCUT2D eigenvalue weighted by Crippen LogP contribution is -2.26. The number of fused-ring (bicyclic) bond motifs is 1. The monoisotopic (exact) mass is 321 g/mol. The van der Waals surface area contributed by atoms with Crippen LogP contribution in [0.5, 0.6) is 0 Å². The van der Waals surface area contributed by atoms with Gasteiger partial charge in [0.15, 0.2) is 0 Å². The van der Waals surface area contributed by atoms with Crippen molar-refractivity contribution in [2.45, 2.75) is 13.0 Å². The third kappa shape index (κ3) is 3.56. The molecule has 4 nitrogen and oxygen atoms in total. The fraction of sp³-hybridized carbons (Fsp3) is 0.267. The number of halogens is 1. The van der Waals surface area contributed by atoms with E-state index in [0.717, 1.165) is 45.7 Å². The average molecular weight is 322 g/mol. The van der Waals surface area contributed by atoms with Gasteiger partial charge in [-0.15, -0.1) is 11.3 Å². The Morgan fingerprint density at radius 1 is 1.33 bits per heavy atom. The molecule has 0 bridgehead atoms. The van der Waals surface area contributed by atoms with Gasteiger partial charge in [0.2, 0.25) is 0 Å². The van der Waals surface area contributed by atoms with Gasteiger partial charge in [0.1, 0.15) is 0 Å². The topological polar surface area (TPSA) is 53.2 Å². The second-order valence-electron chi connectivity index (χ2n) is 4.88. The molecule has 0 spiro atoms. The van der Waals surface area contributed by atoms with Gasteiger partial charge < -0.3 is 10.6 Å². The van der Waals surface area contributed by atoms with Gasteiger partial charge in [0, 0.05) is 23.7 Å². The standard InChI is InChI=1S/C15H16ClN3OS/c16-12-3-1-10(2-4-12)5-6-18-14(20)13-7-11-8-17-9-19-15(11)21-13/h1-4,7,17,19H,5-6,8-9H2,(H,18,20). The van der Waals surface area contributed by atoms with Crippen molar-refractivity contribution >= 4 is 33.8 Å². The van der Waals surface area contributed by atoms with E-state index in [1.807, 2.05) is 30.3 Å². The summed E-state index contributed by atoms with van der Waals surface area (Å²) in [6, 6.07) is 9.65. The summed E-state index contributed by atoms with van der Waals surface area (Å²) >= 11 is 7.36. The van der Waals surface area contributed by atoms with E-state index in [-0.39, 0.29) is 5.91 Å². The summed E-state index contributed by atoms with van der Waals surface area (Å²) in [6.45, 7) is 2.19. The Balaban J connectivity index is 1.54. The molecule has 0 aliphatic carbocycles. The van der Waals surface area contributed by atoms with Gasteiger partial charge in [-0.2, -0.15) is 0 Å². The predicted octanol–water partition coefficient (Wildman–Crippen LogP) is 2.85. The Kier molecular flexibility index (Phi) is 4.43. The molecule has 6 heteroatoms. The zero-order valence-corrected chi connectivity index (χ0v) is 13.0. The van der Waals surface area contributed by atoms with E-state index in [1.54, 1.807) is 0 Å². The molecule has 1 aliphatic heterocycles. The average Bonchev–Trinajstić information content (AvgIpc) is 2.93. The minimum atomic E-state index is -0.00911. The van der Waals surface area contributed by atoms with Gasteiger partial charge in [0.05, 0.1) is 16.5 Å². The first kappa shape index (κ1) is 14.4. The Hall–Kier alpha value is -1.56. The molecule has 0 saturated carbocycles. The molecule has 1 aliphatic rings. The highest BCUT2D eigenvalue weighted by atomic mass is 35.5. The highest BCUT2D eigenvalue weighted by molar-refractivity contribution is 7.18. The van der Waals surface area contributed by atoms with Crippen molar-refractivity contribution in [3.63, 3.8) is 0 Å². The van der Waals surface area contributed by atoms with Crippen LogP contribution in [0, 0.1) is 0 Å². The van der Waals surface area contributed by atoms with Crippen LogP contribution in [0.25, 0.3) is 0 Å². The van der Waals surface area contributed by atoms with Crippen molar-refractivity contribution in [1.29, 1.82) is 0 Å². The molecule has 0 unspecified atom stereocenters. The number of amides is 1. The van der Waals surface area contributed by atoms with Crippen molar-refractivity contribution in [2.24, 2.45) is 0 Å². The fourth-order valence-electron chi connectivity index (χ4n) is 2.22. The van der Waals surface area contributed by atoms with Crippen molar-refractivity contribution in [3.8, 4) is 0 Å². The Bertz CT molecular complexity index is 615. The molecule has 2 heterocycles. The van der Waals surface area contributed by atoms with Crippen LogP contribution in [-0.4, -0.2) is 19.1 Å². The van der Waals surface area contributed by atoms with Gasteiger partial charge in [-0.3, -0.25) is 10.1 Å². The molecule has 3 N–H and O–H groups in total. The molecule has 0 saturated heterocycles. The fourth-order valence-corrected chi connectivity index (χ4v) is 3.34. The molecule has 3 rings (SSSR count). The van der Waals surface area contributed by atoms with Gasteiger partial charge in [-0.25, -0.2) is 0 Å². The molecule has 1 amide bonds. The molecule has 1 aromatic heterocycles. The Labute approximate surface area is 132 Å². The third-order valence-electron chi connectivity index (χ3n) is 3.33. The maximum Gasteiger partial charge on any atom is 0.261 e. The number of benzene rings is 1. The molecular formula is C15H16ClN3OS. The lowest BCUT2D eigenvalue weighted by Gasteiger charge is -2.13. The summed E-state index contributed by atoms with van der Waals surface area (Å²) in [5.41, 5.74) is 2.32. The van der Waals surface area contributed by atoms with E-state index in [0.29, 0.717) is 6.54 Å². The van der Waals surface area contributed by atoms with Crippen molar-refractivity contribution in [1.82, 2.24) is 10.6 Å². The Morgan fingerprint density at radius 3 is 2.90 bits per heavy atom. The lowest BCUT2D eigenvalue weighted by molar-refractivity contribution is 0.0958. The maximum atomic E-state index is 12.1. The van der Waals surface area contributed by atoms with Crippen molar-refractivity contribution in [2.75, 3.05) is 18.5 Å². The van der Waals surface area contributed by atoms with Crippen LogP contribution in [0.15, 0.2) is 30.3 Å². The van der Waals surface area contributed by atoms with Gasteiger partial charge in [-0.1, -0.05) is 23.7 Å². The van der Waals surface area contributed by atoms with Crippen LogP contribution in [0.2, 0.25) is 5.02 Å². The smallest absolute Gasteiger partial charge is 0.261 e. The lowest BCUT2D eigenvalue weighted by atomic mass is 10.1. The summed E-state index contributed by atoms with van der Waals surface area (Å²) in [7, 11) is 0. The predicted molar refractivity (Wildman–Crippen MR) is 87.1 cm³/mol. The van der Waals surface area contributed by atoms with Crippen LogP contribution >= 0.6 is 22.9 Å². The molecule has 1 aromatic carbocycles. The molecule has 0 atom stereocenters. The van der Waals surface area contributed by atoms with Crippen LogP contribution in [0.3, 0.4) is 0 Å². The molecule has 0 fully saturated rings. The zero-order chi connectivity index (χ0) is 14.7. The number of anilines is 1. The molecular weight excluding hydrogens is 306 g/mol. The number of carbonyl (C=O) groups is 1. The first-order chi connectivity index (χ1) is 10.2. The molecule has 2 aromatic rings. The zero-order valence-electron chi connectivity index (χ0n) is 11.4. The number of rotatable bonds is 4. The van der Waals surface area contributed by atoms with Crippen LogP contribution < -0.4 is 16.0 Å². The largest absolute Gasteiger partial charge is 0.364 e. The highest BCUT2D eigenvalue weighted by Crippen LogP contribution is 2.29. The summed E-state index contributed by atoms with van der Waals surface area (Å²) in [6.07, 6.45) is 0.799. The number of nitrogens with one attached hydrogen (secondary N) is 3. The summed E-state index contributed by atoms with van der Waals surface area (Å²) < 4.78 is 0. The Morgan fingerprint density at radius 2 is 2.14 bits per heavy atom. The number of thiophene rings is 1. The number of hydrogen-bond donors (Lipinski definition) is 3. The van der Waals surface area contributed by atoms with E-state index in [4.69, 9.17) is 11.6 Å². The van der Waals surface area contributed by atoms with E-state index >= 15 is 0 Å². The van der Waals surface area contributed by atoms with Gasteiger partial charge in [0.25, 0.3) is 5.91 Å². The molecule has 110 valence electrons. The van der Waals surface area contributed by atoms with E-state index < -0.39 is 0 Å².